The highest BCUT2D eigenvalue weighted by atomic mass is 79.9. The molecule has 0 spiro atoms. The molecule has 0 saturated heterocycles. The topological polar surface area (TPSA) is 72.2 Å². The summed E-state index contributed by atoms with van der Waals surface area (Å²) < 4.78 is 29.5. The van der Waals surface area contributed by atoms with Gasteiger partial charge in [0.05, 0.1) is 23.0 Å². The first-order valence-corrected chi connectivity index (χ1v) is 10.5. The van der Waals surface area contributed by atoms with E-state index in [4.69, 9.17) is 0 Å². The molecule has 1 fully saturated rings. The number of alkyl halides is 2. The Morgan fingerprint density at radius 3 is 2.61 bits per heavy atom. The molecule has 1 aromatic carbocycles. The van der Waals surface area contributed by atoms with Gasteiger partial charge in [0.1, 0.15) is 0 Å². The van der Waals surface area contributed by atoms with Crippen LogP contribution in [-0.4, -0.2) is 25.5 Å². The van der Waals surface area contributed by atoms with Crippen LogP contribution in [0.15, 0.2) is 59.6 Å². The number of benzene rings is 1. The number of amides is 1. The number of hydrogen-bond donors (Lipinski definition) is 1. The zero-order chi connectivity index (χ0) is 21.5. The van der Waals surface area contributed by atoms with Crippen LogP contribution in [0.2, 0.25) is 0 Å². The van der Waals surface area contributed by atoms with Crippen molar-refractivity contribution in [2.45, 2.75) is 25.2 Å². The summed E-state index contributed by atoms with van der Waals surface area (Å²) in [4.78, 5) is 21.6. The molecule has 0 radical (unpaired) electrons. The Bertz CT molecular complexity index is 1290. The van der Waals surface area contributed by atoms with Gasteiger partial charge in [-0.1, -0.05) is 28.1 Å². The number of halogens is 3. The first-order valence-electron chi connectivity index (χ1n) is 9.68. The molecule has 6 nitrogen and oxygen atoms in total. The minimum Gasteiger partial charge on any atom is -0.321 e. The van der Waals surface area contributed by atoms with Crippen molar-refractivity contribution in [3.63, 3.8) is 0 Å². The SMILES string of the molecule is O=C(Nc1cc(-c2ncc(C3CC3)cn2)ccc1C(F)F)c1cnn2ccc(Br)cc12. The lowest BCUT2D eigenvalue weighted by Gasteiger charge is -2.12. The Labute approximate surface area is 184 Å². The number of carbonyl (C=O) groups excluding carboxylic acids is 1. The summed E-state index contributed by atoms with van der Waals surface area (Å²) in [5.74, 6) is 0.411. The van der Waals surface area contributed by atoms with Gasteiger partial charge < -0.3 is 5.32 Å². The van der Waals surface area contributed by atoms with Crippen molar-refractivity contribution in [3.05, 3.63) is 76.3 Å². The second-order valence-corrected chi connectivity index (χ2v) is 8.32. The average Bonchev–Trinajstić information content (AvgIpc) is 3.53. The van der Waals surface area contributed by atoms with Gasteiger partial charge in [-0.05, 0) is 42.5 Å². The van der Waals surface area contributed by atoms with Crippen LogP contribution in [0.4, 0.5) is 14.5 Å². The maximum Gasteiger partial charge on any atom is 0.265 e. The quantitative estimate of drug-likeness (QED) is 0.399. The van der Waals surface area contributed by atoms with E-state index in [0.717, 1.165) is 22.9 Å². The van der Waals surface area contributed by atoms with Gasteiger partial charge in [-0.2, -0.15) is 5.10 Å². The van der Waals surface area contributed by atoms with Gasteiger partial charge in [-0.15, -0.1) is 0 Å². The summed E-state index contributed by atoms with van der Waals surface area (Å²) in [5.41, 5.74) is 2.20. The predicted molar refractivity (Wildman–Crippen MR) is 115 cm³/mol. The number of carbonyl (C=O) groups is 1. The molecule has 31 heavy (non-hydrogen) atoms. The fourth-order valence-corrected chi connectivity index (χ4v) is 3.76. The molecule has 5 rings (SSSR count). The largest absolute Gasteiger partial charge is 0.321 e. The molecule has 3 aromatic heterocycles. The van der Waals surface area contributed by atoms with E-state index >= 15 is 0 Å². The molecule has 0 bridgehead atoms. The van der Waals surface area contributed by atoms with Crippen LogP contribution in [0.1, 0.15) is 46.7 Å². The monoisotopic (exact) mass is 483 g/mol. The lowest BCUT2D eigenvalue weighted by molar-refractivity contribution is 0.102. The van der Waals surface area contributed by atoms with Crippen LogP contribution >= 0.6 is 15.9 Å². The zero-order valence-corrected chi connectivity index (χ0v) is 17.7. The third kappa shape index (κ3) is 3.93. The summed E-state index contributed by atoms with van der Waals surface area (Å²) in [6.45, 7) is 0. The lowest BCUT2D eigenvalue weighted by atomic mass is 10.1. The number of pyridine rings is 1. The van der Waals surface area contributed by atoms with Crippen LogP contribution in [0.5, 0.6) is 0 Å². The molecule has 1 N–H and O–H groups in total. The van der Waals surface area contributed by atoms with Gasteiger partial charge in [-0.3, -0.25) is 4.79 Å². The molecule has 1 aliphatic rings. The van der Waals surface area contributed by atoms with Crippen molar-refractivity contribution in [1.29, 1.82) is 0 Å². The Hall–Kier alpha value is -3.20. The van der Waals surface area contributed by atoms with Crippen LogP contribution < -0.4 is 5.32 Å². The Morgan fingerprint density at radius 2 is 1.90 bits per heavy atom. The second kappa shape index (κ2) is 7.81. The molecule has 0 aliphatic heterocycles. The zero-order valence-electron chi connectivity index (χ0n) is 16.1. The number of rotatable bonds is 5. The molecule has 1 aliphatic carbocycles. The third-order valence-corrected chi connectivity index (χ3v) is 5.74. The van der Waals surface area contributed by atoms with Gasteiger partial charge in [0.15, 0.2) is 5.82 Å². The third-order valence-electron chi connectivity index (χ3n) is 5.24. The highest BCUT2D eigenvalue weighted by Gasteiger charge is 2.24. The highest BCUT2D eigenvalue weighted by molar-refractivity contribution is 9.10. The predicted octanol–water partition coefficient (Wildman–Crippen LogP) is 5.62. The van der Waals surface area contributed by atoms with Crippen molar-refractivity contribution in [2.24, 2.45) is 0 Å². The van der Waals surface area contributed by atoms with Gasteiger partial charge >= 0.3 is 0 Å². The Kier molecular flexibility index (Phi) is 4.97. The van der Waals surface area contributed by atoms with Crippen molar-refractivity contribution < 1.29 is 13.6 Å². The number of aromatic nitrogens is 4. The fourth-order valence-electron chi connectivity index (χ4n) is 3.43. The number of hydrogen-bond acceptors (Lipinski definition) is 4. The van der Waals surface area contributed by atoms with Gasteiger partial charge in [-0.25, -0.2) is 23.3 Å². The van der Waals surface area contributed by atoms with Crippen molar-refractivity contribution >= 4 is 33.0 Å². The molecule has 4 aromatic rings. The number of nitrogens with zero attached hydrogens (tertiary/aromatic N) is 4. The van der Waals surface area contributed by atoms with Crippen LogP contribution in [0.25, 0.3) is 16.9 Å². The maximum atomic E-state index is 13.6. The Balaban J connectivity index is 1.48. The van der Waals surface area contributed by atoms with E-state index in [9.17, 15) is 13.6 Å². The first kappa shape index (κ1) is 19.7. The molecule has 156 valence electrons. The molecule has 0 unspecified atom stereocenters. The summed E-state index contributed by atoms with van der Waals surface area (Å²) in [6.07, 6.45) is 6.18. The van der Waals surface area contributed by atoms with Gasteiger partial charge in [0.25, 0.3) is 12.3 Å². The molecule has 0 atom stereocenters. The van der Waals surface area contributed by atoms with E-state index in [2.05, 4.69) is 36.3 Å². The standard InChI is InChI=1S/C22H16BrF2N5O/c23-15-5-6-30-19(8-15)17(11-28-30)22(31)29-18-7-13(3-4-16(18)20(24)25)21-26-9-14(10-27-21)12-1-2-12/h3-12,20H,1-2H2,(H,29,31). The highest BCUT2D eigenvalue weighted by Crippen LogP contribution is 2.39. The number of anilines is 1. The smallest absolute Gasteiger partial charge is 0.265 e. The van der Waals surface area contributed by atoms with E-state index in [1.54, 1.807) is 35.2 Å². The van der Waals surface area contributed by atoms with Gasteiger partial charge in [0, 0.05) is 34.2 Å². The van der Waals surface area contributed by atoms with E-state index < -0.39 is 12.3 Å². The lowest BCUT2D eigenvalue weighted by Crippen LogP contribution is -2.13. The first-order chi connectivity index (χ1) is 15.0. The molecule has 1 saturated carbocycles. The molecule has 3 heterocycles. The normalized spacial score (nSPS) is 13.7. The van der Waals surface area contributed by atoms with Crippen LogP contribution in [0, 0.1) is 0 Å². The molecule has 9 heteroatoms. The van der Waals surface area contributed by atoms with E-state index in [1.165, 1.54) is 24.4 Å². The molecular weight excluding hydrogens is 468 g/mol. The summed E-state index contributed by atoms with van der Waals surface area (Å²) in [7, 11) is 0. The summed E-state index contributed by atoms with van der Waals surface area (Å²) >= 11 is 3.37. The van der Waals surface area contributed by atoms with E-state index in [1.807, 2.05) is 0 Å². The molecule has 1 amide bonds. The number of nitrogens with one attached hydrogen (secondary N) is 1. The van der Waals surface area contributed by atoms with E-state index in [-0.39, 0.29) is 16.8 Å². The molecular formula is C22H16BrF2N5O. The van der Waals surface area contributed by atoms with Crippen molar-refractivity contribution in [2.75, 3.05) is 5.32 Å². The van der Waals surface area contributed by atoms with Gasteiger partial charge in [0.2, 0.25) is 0 Å². The maximum absolute atomic E-state index is 13.6. The summed E-state index contributed by atoms with van der Waals surface area (Å²) in [5, 5.41) is 6.75. The Morgan fingerprint density at radius 1 is 1.13 bits per heavy atom. The fraction of sp³-hybridized carbons (Fsp3) is 0.182. The van der Waals surface area contributed by atoms with Crippen LogP contribution in [0.3, 0.4) is 0 Å². The van der Waals surface area contributed by atoms with Crippen molar-refractivity contribution in [3.8, 4) is 11.4 Å². The minimum atomic E-state index is -2.75. The van der Waals surface area contributed by atoms with E-state index in [0.29, 0.717) is 22.8 Å². The second-order valence-electron chi connectivity index (χ2n) is 7.40. The average molecular weight is 484 g/mol. The van der Waals surface area contributed by atoms with Crippen molar-refractivity contribution in [1.82, 2.24) is 19.6 Å². The minimum absolute atomic E-state index is 0.0155. The number of fused-ring (bicyclic) bond motifs is 1. The van der Waals surface area contributed by atoms with Crippen LogP contribution in [-0.2, 0) is 0 Å². The summed E-state index contributed by atoms with van der Waals surface area (Å²) in [6, 6.07) is 7.83.